The summed E-state index contributed by atoms with van der Waals surface area (Å²) in [6, 6.07) is -0.965. The van der Waals surface area contributed by atoms with E-state index in [1.165, 1.54) is 0 Å². The van der Waals surface area contributed by atoms with Crippen molar-refractivity contribution in [3.63, 3.8) is 0 Å². The molecule has 0 saturated heterocycles. The number of aromatic nitrogens is 1. The first-order valence-electron chi connectivity index (χ1n) is 6.65. The third kappa shape index (κ3) is 3.26. The van der Waals surface area contributed by atoms with E-state index in [-0.39, 0.29) is 12.2 Å². The molecule has 2 N–H and O–H groups in total. The molecule has 1 aliphatic carbocycles. The van der Waals surface area contributed by atoms with Gasteiger partial charge in [0.1, 0.15) is 6.04 Å². The minimum Gasteiger partial charge on any atom is -0.480 e. The predicted molar refractivity (Wildman–Crippen MR) is 71.5 cm³/mol. The predicted octanol–water partition coefficient (Wildman–Crippen LogP) is 2.01. The number of amides is 1. The fourth-order valence-electron chi connectivity index (χ4n) is 1.85. The Kier molecular flexibility index (Phi) is 4.22. The Morgan fingerprint density at radius 3 is 2.80 bits per heavy atom. The highest BCUT2D eigenvalue weighted by molar-refractivity contribution is 5.95. The molecule has 108 valence electrons. The normalized spacial score (nSPS) is 16.3. The molecule has 1 fully saturated rings. The van der Waals surface area contributed by atoms with E-state index >= 15 is 0 Å². The van der Waals surface area contributed by atoms with Crippen LogP contribution in [0.1, 0.15) is 54.2 Å². The van der Waals surface area contributed by atoms with Crippen molar-refractivity contribution >= 4 is 11.9 Å². The quantitative estimate of drug-likeness (QED) is 0.776. The van der Waals surface area contributed by atoms with Crippen molar-refractivity contribution in [1.82, 2.24) is 10.3 Å². The van der Waals surface area contributed by atoms with Crippen LogP contribution in [0.4, 0.5) is 0 Å². The van der Waals surface area contributed by atoms with Crippen LogP contribution >= 0.6 is 0 Å². The first kappa shape index (κ1) is 14.3. The lowest BCUT2D eigenvalue weighted by molar-refractivity contribution is -0.139. The van der Waals surface area contributed by atoms with Gasteiger partial charge in [-0.1, -0.05) is 12.2 Å². The van der Waals surface area contributed by atoms with Crippen molar-refractivity contribution in [2.45, 2.75) is 45.1 Å². The maximum Gasteiger partial charge on any atom is 0.326 e. The molecular weight excluding hydrogens is 260 g/mol. The lowest BCUT2D eigenvalue weighted by atomic mass is 10.2. The summed E-state index contributed by atoms with van der Waals surface area (Å²) in [4.78, 5) is 27.4. The summed E-state index contributed by atoms with van der Waals surface area (Å²) in [6.45, 7) is 3.48. The molecule has 1 aromatic rings. The molecule has 0 spiro atoms. The minimum atomic E-state index is -1.07. The zero-order valence-electron chi connectivity index (χ0n) is 11.5. The van der Waals surface area contributed by atoms with Crippen molar-refractivity contribution in [2.75, 3.05) is 0 Å². The lowest BCUT2D eigenvalue weighted by Gasteiger charge is -2.11. The van der Waals surface area contributed by atoms with Gasteiger partial charge in [0.25, 0.3) is 5.91 Å². The van der Waals surface area contributed by atoms with Crippen molar-refractivity contribution < 1.29 is 19.1 Å². The highest BCUT2D eigenvalue weighted by atomic mass is 16.4. The summed E-state index contributed by atoms with van der Waals surface area (Å²) in [5, 5.41) is 11.5. The molecule has 1 unspecified atom stereocenters. The van der Waals surface area contributed by atoms with Crippen LogP contribution in [0.2, 0.25) is 0 Å². The number of rotatable bonds is 6. The molecule has 1 aromatic heterocycles. The van der Waals surface area contributed by atoms with Gasteiger partial charge in [-0.15, -0.1) is 0 Å². The van der Waals surface area contributed by atoms with Crippen molar-refractivity contribution in [1.29, 1.82) is 0 Å². The third-order valence-corrected chi connectivity index (χ3v) is 3.16. The number of hydrogen-bond acceptors (Lipinski definition) is 4. The van der Waals surface area contributed by atoms with E-state index in [0.717, 1.165) is 12.8 Å². The second-order valence-corrected chi connectivity index (χ2v) is 4.91. The SMILES string of the molecule is C/C=C/CC(NC(=O)c1oc(C2CC2)nc1C)C(=O)O. The molecule has 0 aliphatic heterocycles. The number of aryl methyl sites for hydroxylation is 1. The average molecular weight is 278 g/mol. The Bertz CT molecular complexity index is 543. The van der Waals surface area contributed by atoms with E-state index in [9.17, 15) is 9.59 Å². The van der Waals surface area contributed by atoms with Gasteiger partial charge in [-0.3, -0.25) is 4.79 Å². The number of nitrogens with zero attached hydrogens (tertiary/aromatic N) is 1. The molecule has 2 rings (SSSR count). The van der Waals surface area contributed by atoms with Gasteiger partial charge in [0.15, 0.2) is 5.89 Å². The first-order valence-corrected chi connectivity index (χ1v) is 6.65. The number of hydrogen-bond donors (Lipinski definition) is 2. The van der Waals surface area contributed by atoms with E-state index in [1.807, 2.05) is 0 Å². The molecule has 1 aliphatic rings. The topological polar surface area (TPSA) is 92.4 Å². The van der Waals surface area contributed by atoms with E-state index in [1.54, 1.807) is 26.0 Å². The smallest absolute Gasteiger partial charge is 0.326 e. The Morgan fingerprint density at radius 1 is 1.55 bits per heavy atom. The van der Waals surface area contributed by atoms with Crippen LogP contribution in [-0.4, -0.2) is 28.0 Å². The first-order chi connectivity index (χ1) is 9.52. The molecular formula is C14H18N2O4. The largest absolute Gasteiger partial charge is 0.480 e. The van der Waals surface area contributed by atoms with Gasteiger partial charge in [0.05, 0.1) is 5.69 Å². The summed E-state index contributed by atoms with van der Waals surface area (Å²) < 4.78 is 5.45. The van der Waals surface area contributed by atoms with E-state index in [4.69, 9.17) is 9.52 Å². The highest BCUT2D eigenvalue weighted by Gasteiger charge is 2.31. The molecule has 20 heavy (non-hydrogen) atoms. The molecule has 0 aromatic carbocycles. The summed E-state index contributed by atoms with van der Waals surface area (Å²) >= 11 is 0. The van der Waals surface area contributed by atoms with Crippen molar-refractivity contribution in [3.8, 4) is 0 Å². The maximum absolute atomic E-state index is 12.1. The van der Waals surface area contributed by atoms with Crippen LogP contribution in [0, 0.1) is 6.92 Å². The van der Waals surface area contributed by atoms with Gasteiger partial charge in [0, 0.05) is 5.92 Å². The summed E-state index contributed by atoms with van der Waals surface area (Å²) in [5.74, 6) is -0.602. The Hall–Kier alpha value is -2.11. The number of carbonyl (C=O) groups is 2. The molecule has 0 radical (unpaired) electrons. The van der Waals surface area contributed by atoms with Gasteiger partial charge in [-0.05, 0) is 33.1 Å². The molecule has 1 heterocycles. The fraction of sp³-hybridized carbons (Fsp3) is 0.500. The lowest BCUT2D eigenvalue weighted by Crippen LogP contribution is -2.40. The monoisotopic (exact) mass is 278 g/mol. The fourth-order valence-corrected chi connectivity index (χ4v) is 1.85. The summed E-state index contributed by atoms with van der Waals surface area (Å²) in [7, 11) is 0. The van der Waals surface area contributed by atoms with Crippen molar-refractivity contribution in [3.05, 3.63) is 29.5 Å². The van der Waals surface area contributed by atoms with Gasteiger partial charge in [0.2, 0.25) is 5.76 Å². The molecule has 6 nitrogen and oxygen atoms in total. The molecule has 0 bridgehead atoms. The van der Waals surface area contributed by atoms with E-state index < -0.39 is 17.9 Å². The molecule has 1 amide bonds. The van der Waals surface area contributed by atoms with Crippen molar-refractivity contribution in [2.24, 2.45) is 0 Å². The molecule has 1 saturated carbocycles. The van der Waals surface area contributed by atoms with Gasteiger partial charge in [-0.2, -0.15) is 0 Å². The number of carbonyl (C=O) groups excluding carboxylic acids is 1. The summed E-state index contributed by atoms with van der Waals surface area (Å²) in [6.07, 6.45) is 5.73. The number of allylic oxidation sites excluding steroid dienone is 1. The van der Waals surface area contributed by atoms with E-state index in [0.29, 0.717) is 17.5 Å². The van der Waals surface area contributed by atoms with Crippen LogP contribution < -0.4 is 5.32 Å². The number of aliphatic carboxylic acids is 1. The van der Waals surface area contributed by atoms with E-state index in [2.05, 4.69) is 10.3 Å². The molecule has 1 atom stereocenters. The summed E-state index contributed by atoms with van der Waals surface area (Å²) in [5.41, 5.74) is 0.500. The molecule has 6 heteroatoms. The number of nitrogens with one attached hydrogen (secondary N) is 1. The Balaban J connectivity index is 2.07. The Labute approximate surface area is 116 Å². The standard InChI is InChI=1S/C14H18N2O4/c1-3-4-5-10(14(18)19)16-12(17)11-8(2)15-13(20-11)9-6-7-9/h3-4,9-10H,5-7H2,1-2H3,(H,16,17)(H,18,19)/b4-3+. The Morgan fingerprint density at radius 2 is 2.25 bits per heavy atom. The zero-order chi connectivity index (χ0) is 14.7. The number of carboxylic acid groups (broad SMARTS) is 1. The second kappa shape index (κ2) is 5.90. The minimum absolute atomic E-state index is 0.110. The number of oxazole rings is 1. The zero-order valence-corrected chi connectivity index (χ0v) is 11.5. The van der Waals surface area contributed by atoms with Gasteiger partial charge >= 0.3 is 5.97 Å². The highest BCUT2D eigenvalue weighted by Crippen LogP contribution is 2.40. The second-order valence-electron chi connectivity index (χ2n) is 4.91. The van der Waals surface area contributed by atoms with Gasteiger partial charge in [-0.25, -0.2) is 9.78 Å². The third-order valence-electron chi connectivity index (χ3n) is 3.16. The van der Waals surface area contributed by atoms with Crippen LogP contribution in [-0.2, 0) is 4.79 Å². The maximum atomic E-state index is 12.1. The number of carboxylic acids is 1. The van der Waals surface area contributed by atoms with Gasteiger partial charge < -0.3 is 14.8 Å². The van der Waals surface area contributed by atoms with Crippen LogP contribution in [0.5, 0.6) is 0 Å². The van der Waals surface area contributed by atoms with Crippen LogP contribution in [0.3, 0.4) is 0 Å². The van der Waals surface area contributed by atoms with Crippen LogP contribution in [0.15, 0.2) is 16.6 Å². The average Bonchev–Trinajstić information content (AvgIpc) is 3.17. The van der Waals surface area contributed by atoms with Crippen LogP contribution in [0.25, 0.3) is 0 Å².